The van der Waals surface area contributed by atoms with Crippen LogP contribution in [-0.4, -0.2) is 179 Å². The minimum atomic E-state index is -0.546. The van der Waals surface area contributed by atoms with Crippen LogP contribution in [0.4, 0.5) is 16.4 Å². The first kappa shape index (κ1) is 67.4. The number of carbonyl (C=O) groups is 3. The third kappa shape index (κ3) is 15.9. The van der Waals surface area contributed by atoms with Crippen molar-refractivity contribution in [2.45, 2.75) is 137 Å². The normalized spacial score (nSPS) is 17.2. The van der Waals surface area contributed by atoms with Crippen molar-refractivity contribution >= 4 is 117 Å². The highest BCUT2D eigenvalue weighted by molar-refractivity contribution is 9.10. The van der Waals surface area contributed by atoms with Gasteiger partial charge in [-0.3, -0.25) is 32.9 Å². The molecule has 0 unspecified atom stereocenters. The number of halogens is 1. The molecule has 5 N–H and O–H groups in total. The molecule has 31 nitrogen and oxygen atoms in total. The molecule has 11 aromatic rings. The van der Waals surface area contributed by atoms with E-state index in [4.69, 9.17) is 28.8 Å². The average Bonchev–Trinajstić information content (AvgIpc) is 1.63. The van der Waals surface area contributed by atoms with E-state index in [2.05, 4.69) is 97.0 Å². The highest BCUT2D eigenvalue weighted by atomic mass is 79.9. The number of cyclic esters (lactones) is 2. The Kier molecular flexibility index (Phi) is 19.8. The Morgan fingerprint density at radius 1 is 0.583 bits per heavy atom. The lowest BCUT2D eigenvalue weighted by molar-refractivity contribution is -0.118. The lowest BCUT2D eigenvalue weighted by Crippen LogP contribution is -2.41. The van der Waals surface area contributed by atoms with Gasteiger partial charge in [0.25, 0.3) is 0 Å². The van der Waals surface area contributed by atoms with Crippen molar-refractivity contribution in [2.24, 2.45) is 11.8 Å². The van der Waals surface area contributed by atoms with E-state index in [1.165, 1.54) is 23.5 Å². The van der Waals surface area contributed by atoms with Crippen molar-refractivity contribution in [1.29, 1.82) is 0 Å². The molecule has 36 heteroatoms. The van der Waals surface area contributed by atoms with Gasteiger partial charge >= 0.3 is 20.4 Å². The summed E-state index contributed by atoms with van der Waals surface area (Å²) in [6.45, 7) is 18.1. The number of rotatable bonds is 15. The number of anilines is 2. The standard InChI is InChI=1S/C21H19N9O2S.C16H12BrN7OS.C11H19BN2O3.C9H15BN2O2.C3H4O3/c31-8-7-28-10-15(9-22-28)14-3-4-18-25-26-21(29(18)11-14)33-19-6-5-17-23-16(12-30(17)27-19)24-20(32)13-1-2-13;17-10-3-4-13-20-21-16(23(13)7-10)26-14-6-5-12-18-11(8-24(12)22-14)19-15(25)9-1-2-9;1-10(2)11(3,4)17-12(16-10)9-7-13-14(8-9)5-6-15;1-8(2)9(3,4)14-10(13-8)7-5-11-12-6-7;4-3-5-1-2-6-3/h3-6,9-13,31H,1-2,7-8H2,(H,24,32);3-9H,1-2H2,(H,19,25);7-8,15H,5-6H2,1-4H3;5-6H,1-4H3,(H,11,12);1-2H2. The Morgan fingerprint density at radius 3 is 1.54 bits per heavy atom. The highest BCUT2D eigenvalue weighted by Gasteiger charge is 2.53. The van der Waals surface area contributed by atoms with Crippen LogP contribution in [0.3, 0.4) is 0 Å². The minimum Gasteiger partial charge on any atom is -0.431 e. The minimum absolute atomic E-state index is 0.0145. The summed E-state index contributed by atoms with van der Waals surface area (Å²) in [6, 6.07) is 15.1. The Hall–Kier alpha value is -8.61. The van der Waals surface area contributed by atoms with E-state index < -0.39 is 6.16 Å². The van der Waals surface area contributed by atoms with E-state index in [9.17, 15) is 14.4 Å². The van der Waals surface area contributed by atoms with Gasteiger partial charge in [-0.1, -0.05) is 0 Å². The molecule has 2 amide bonds. The van der Waals surface area contributed by atoms with Crippen LogP contribution in [0, 0.1) is 11.8 Å². The number of carbonyl (C=O) groups excluding carboxylic acids is 3. The number of H-pyrrole nitrogens is 1. The zero-order valence-electron chi connectivity index (χ0n) is 53.6. The molecule has 500 valence electrons. The van der Waals surface area contributed by atoms with Crippen LogP contribution in [0.5, 0.6) is 0 Å². The lowest BCUT2D eigenvalue weighted by Gasteiger charge is -2.32. The van der Waals surface area contributed by atoms with E-state index in [-0.39, 0.29) is 73.5 Å². The zero-order valence-corrected chi connectivity index (χ0v) is 56.9. The molecule has 3 aliphatic heterocycles. The molecule has 2 aliphatic carbocycles. The van der Waals surface area contributed by atoms with E-state index in [0.29, 0.717) is 54.4 Å². The number of aliphatic hydroxyl groups is 2. The van der Waals surface area contributed by atoms with Crippen LogP contribution in [0.25, 0.3) is 33.7 Å². The summed E-state index contributed by atoms with van der Waals surface area (Å²) in [6.07, 6.45) is 21.3. The second kappa shape index (κ2) is 28.2. The number of aromatic amines is 1. The summed E-state index contributed by atoms with van der Waals surface area (Å²) < 4.78 is 43.5. The highest BCUT2D eigenvalue weighted by Crippen LogP contribution is 2.38. The van der Waals surface area contributed by atoms with Crippen molar-refractivity contribution < 1.29 is 52.7 Å². The lowest BCUT2D eigenvalue weighted by atomic mass is 9.82. The molecule has 5 fully saturated rings. The summed E-state index contributed by atoms with van der Waals surface area (Å²) in [5.74, 6) is 1.32. The Bertz CT molecular complexity index is 4530. The van der Waals surface area contributed by atoms with Crippen LogP contribution < -0.4 is 21.6 Å². The number of imidazole rings is 2. The summed E-state index contributed by atoms with van der Waals surface area (Å²) >= 11 is 6.25. The summed E-state index contributed by atoms with van der Waals surface area (Å²) in [7, 11) is -0.689. The van der Waals surface area contributed by atoms with Gasteiger partial charge in [-0.15, -0.1) is 20.4 Å². The van der Waals surface area contributed by atoms with Crippen LogP contribution in [0.1, 0.15) is 81.1 Å². The Balaban J connectivity index is 0.000000124. The maximum absolute atomic E-state index is 12.0. The molecular weight excluding hydrogens is 1340 g/mol. The number of hydrogen-bond donors (Lipinski definition) is 5. The number of fused-ring (bicyclic) bond motifs is 4. The first-order chi connectivity index (χ1) is 46.0. The molecule has 0 atom stereocenters. The summed E-state index contributed by atoms with van der Waals surface area (Å²) in [5.41, 5.74) is 5.30. The van der Waals surface area contributed by atoms with Gasteiger partial charge < -0.3 is 48.9 Å². The molecule has 11 aromatic heterocycles. The fourth-order valence-corrected chi connectivity index (χ4v) is 11.3. The largest absolute Gasteiger partial charge is 0.508 e. The number of amides is 2. The van der Waals surface area contributed by atoms with Gasteiger partial charge in [0.05, 0.1) is 67.3 Å². The summed E-state index contributed by atoms with van der Waals surface area (Å²) in [5, 5.41) is 67.6. The van der Waals surface area contributed by atoms with Gasteiger partial charge in [0, 0.05) is 81.7 Å². The van der Waals surface area contributed by atoms with Crippen molar-refractivity contribution in [3.63, 3.8) is 0 Å². The Labute approximate surface area is 566 Å². The van der Waals surface area contributed by atoms with Crippen LogP contribution in [-0.2, 0) is 50.8 Å². The maximum Gasteiger partial charge on any atom is 0.508 e. The number of hydrogen-bond acceptors (Lipinski definition) is 24. The molecule has 0 aromatic carbocycles. The molecule has 0 spiro atoms. The zero-order chi connectivity index (χ0) is 67.5. The molecular formula is C60H69B2BrN20O11S2. The number of ether oxygens (including phenoxy) is 2. The third-order valence-corrected chi connectivity index (χ3v) is 18.7. The molecule has 96 heavy (non-hydrogen) atoms. The number of aliphatic hydroxyl groups excluding tert-OH is 2. The second-order valence-electron chi connectivity index (χ2n) is 24.7. The smallest absolute Gasteiger partial charge is 0.431 e. The predicted octanol–water partition coefficient (Wildman–Crippen LogP) is 6.20. The van der Waals surface area contributed by atoms with Crippen LogP contribution in [0.2, 0.25) is 0 Å². The number of pyridine rings is 2. The van der Waals surface area contributed by atoms with Gasteiger partial charge in [-0.25, -0.2) is 23.8 Å². The molecule has 14 heterocycles. The summed E-state index contributed by atoms with van der Waals surface area (Å²) in [4.78, 5) is 42.5. The van der Waals surface area contributed by atoms with Crippen LogP contribution in [0.15, 0.2) is 135 Å². The molecule has 3 saturated heterocycles. The Morgan fingerprint density at radius 2 is 1.06 bits per heavy atom. The fraction of sp³-hybridized carbons (Fsp3) is 0.400. The molecule has 0 radical (unpaired) electrons. The van der Waals surface area contributed by atoms with Gasteiger partial charge in [0.2, 0.25) is 22.1 Å². The van der Waals surface area contributed by atoms with Crippen molar-refractivity contribution in [3.8, 4) is 11.1 Å². The van der Waals surface area contributed by atoms with Crippen molar-refractivity contribution in [2.75, 3.05) is 37.1 Å². The average molecular weight is 1410 g/mol. The van der Waals surface area contributed by atoms with E-state index >= 15 is 0 Å². The van der Waals surface area contributed by atoms with Crippen molar-refractivity contribution in [3.05, 3.63) is 115 Å². The van der Waals surface area contributed by atoms with Crippen molar-refractivity contribution in [1.82, 2.24) is 88.2 Å². The van der Waals surface area contributed by atoms with Crippen LogP contribution >= 0.6 is 39.5 Å². The number of aromatic nitrogens is 18. The van der Waals surface area contributed by atoms with E-state index in [1.807, 2.05) is 138 Å². The van der Waals surface area contributed by atoms with Gasteiger partial charge in [-0.05, 0) is 169 Å². The van der Waals surface area contributed by atoms with Gasteiger partial charge in [0.15, 0.2) is 34.2 Å². The monoisotopic (exact) mass is 1410 g/mol. The van der Waals surface area contributed by atoms with Gasteiger partial charge in [0.1, 0.15) is 23.3 Å². The fourth-order valence-electron chi connectivity index (χ4n) is 9.42. The molecule has 16 rings (SSSR count). The molecule has 5 aliphatic rings. The molecule has 0 bridgehead atoms. The number of nitrogens with zero attached hydrogens (tertiary/aromatic N) is 17. The molecule has 2 saturated carbocycles. The first-order valence-corrected chi connectivity index (χ1v) is 33.2. The van der Waals surface area contributed by atoms with Gasteiger partial charge in [-0.2, -0.15) is 25.5 Å². The quantitative estimate of drug-likeness (QED) is 0.0563. The predicted molar refractivity (Wildman–Crippen MR) is 356 cm³/mol. The second-order valence-corrected chi connectivity index (χ2v) is 27.6. The number of nitrogens with one attached hydrogen (secondary N) is 3. The van der Waals surface area contributed by atoms with E-state index in [0.717, 1.165) is 78.7 Å². The topological polar surface area (TPSA) is 356 Å². The third-order valence-electron chi connectivity index (χ3n) is 16.5. The maximum atomic E-state index is 12.0. The van der Waals surface area contributed by atoms with E-state index in [1.54, 1.807) is 55.6 Å². The first-order valence-electron chi connectivity index (χ1n) is 30.8. The SMILES string of the molecule is CC1(C)OB(c2cn[nH]c2)OC1(C)C.CC1(C)OB(c2cnn(CCO)c2)OC1(C)C.O=C(Nc1cn2nc(Sc3nnc4ccc(-c5cnn(CCO)c5)cn34)ccc2n1)C1CC1.O=C(Nc1cn2nc(Sc3nnc4ccc(Br)cn34)ccc2n1)C1CC1.O=C1OCCO1.